The summed E-state index contributed by atoms with van der Waals surface area (Å²) in [4.78, 5) is 13.3. The van der Waals surface area contributed by atoms with Gasteiger partial charge < -0.3 is 5.32 Å². The Morgan fingerprint density at radius 3 is 2.52 bits per heavy atom. The molecular formula is C16H15ClINOS. The third-order valence-corrected chi connectivity index (χ3v) is 4.98. The summed E-state index contributed by atoms with van der Waals surface area (Å²) in [5.74, 6) is -0.000687. The molecule has 0 fully saturated rings. The van der Waals surface area contributed by atoms with E-state index < -0.39 is 0 Å². The molecule has 0 aromatic heterocycles. The van der Waals surface area contributed by atoms with Crippen LogP contribution < -0.4 is 5.32 Å². The molecule has 0 unspecified atom stereocenters. The number of halogens is 2. The number of carbonyl (C=O) groups is 1. The van der Waals surface area contributed by atoms with Gasteiger partial charge in [0.1, 0.15) is 0 Å². The summed E-state index contributed by atoms with van der Waals surface area (Å²) >= 11 is 9.63. The maximum atomic E-state index is 12.3. The Morgan fingerprint density at radius 1 is 1.24 bits per heavy atom. The van der Waals surface area contributed by atoms with Crippen molar-refractivity contribution in [3.05, 3.63) is 56.6 Å². The summed E-state index contributed by atoms with van der Waals surface area (Å²) in [7, 11) is 0. The van der Waals surface area contributed by atoms with Crippen molar-refractivity contribution in [2.24, 2.45) is 0 Å². The van der Waals surface area contributed by atoms with Crippen LogP contribution >= 0.6 is 46.0 Å². The summed E-state index contributed by atoms with van der Waals surface area (Å²) < 4.78 is 1.16. The summed E-state index contributed by atoms with van der Waals surface area (Å²) in [6.45, 7) is 3.89. The molecule has 110 valence electrons. The average molecular weight is 432 g/mol. The zero-order valence-corrected chi connectivity index (χ0v) is 15.4. The molecule has 2 aromatic carbocycles. The molecule has 0 heterocycles. The number of carbonyl (C=O) groups excluding carboxylic acids is 1. The molecule has 0 saturated heterocycles. The maximum Gasteiger partial charge on any atom is 0.237 e. The first-order chi connectivity index (χ1) is 9.95. The van der Waals surface area contributed by atoms with Crippen molar-refractivity contribution >= 4 is 57.5 Å². The Hall–Kier alpha value is -0.720. The first-order valence-electron chi connectivity index (χ1n) is 6.45. The zero-order chi connectivity index (χ0) is 15.4. The summed E-state index contributed by atoms with van der Waals surface area (Å²) in [6.07, 6.45) is 0. The first-order valence-corrected chi connectivity index (χ1v) is 8.78. The third kappa shape index (κ3) is 4.90. The van der Waals surface area contributed by atoms with Crippen molar-refractivity contribution in [3.8, 4) is 0 Å². The molecule has 0 aliphatic heterocycles. The molecule has 5 heteroatoms. The van der Waals surface area contributed by atoms with E-state index in [1.54, 1.807) is 0 Å². The van der Waals surface area contributed by atoms with E-state index in [-0.39, 0.29) is 11.2 Å². The van der Waals surface area contributed by atoms with Gasteiger partial charge in [-0.1, -0.05) is 11.6 Å². The van der Waals surface area contributed by atoms with Crippen LogP contribution in [-0.4, -0.2) is 11.2 Å². The fourth-order valence-corrected chi connectivity index (χ4v) is 3.41. The number of hydrogen-bond donors (Lipinski definition) is 1. The number of thioether (sulfide) groups is 1. The van der Waals surface area contributed by atoms with E-state index in [1.165, 1.54) is 11.8 Å². The second-order valence-electron chi connectivity index (χ2n) is 4.66. The van der Waals surface area contributed by atoms with Crippen LogP contribution in [-0.2, 0) is 4.79 Å². The standard InChI is InChI=1S/C16H15ClINOS/c1-10-9-13(18)5-8-15(10)19-16(20)11(2)21-14-6-3-12(17)4-7-14/h3-9,11H,1-2H3,(H,19,20)/t11-/m0/s1. The molecule has 1 atom stereocenters. The highest BCUT2D eigenvalue weighted by Gasteiger charge is 2.15. The van der Waals surface area contributed by atoms with Crippen LogP contribution in [0.5, 0.6) is 0 Å². The van der Waals surface area contributed by atoms with Gasteiger partial charge in [-0.15, -0.1) is 11.8 Å². The second kappa shape index (κ2) is 7.51. The molecule has 0 aliphatic carbocycles. The highest BCUT2D eigenvalue weighted by Crippen LogP contribution is 2.26. The van der Waals surface area contributed by atoms with E-state index in [4.69, 9.17) is 11.6 Å². The lowest BCUT2D eigenvalue weighted by molar-refractivity contribution is -0.115. The van der Waals surface area contributed by atoms with E-state index in [9.17, 15) is 4.79 Å². The zero-order valence-electron chi connectivity index (χ0n) is 11.7. The topological polar surface area (TPSA) is 29.1 Å². The van der Waals surface area contributed by atoms with Gasteiger partial charge in [0.05, 0.1) is 5.25 Å². The molecule has 0 aliphatic rings. The predicted octanol–water partition coefficient (Wildman–Crippen LogP) is 5.37. The van der Waals surface area contributed by atoms with Crippen LogP contribution in [0, 0.1) is 10.5 Å². The lowest BCUT2D eigenvalue weighted by Gasteiger charge is -2.13. The van der Waals surface area contributed by atoms with Gasteiger partial charge >= 0.3 is 0 Å². The van der Waals surface area contributed by atoms with Gasteiger partial charge in [-0.3, -0.25) is 4.79 Å². The molecule has 2 aromatic rings. The molecule has 1 N–H and O–H groups in total. The highest BCUT2D eigenvalue weighted by molar-refractivity contribution is 14.1. The fraction of sp³-hybridized carbons (Fsp3) is 0.188. The van der Waals surface area contributed by atoms with Gasteiger partial charge in [0.15, 0.2) is 0 Å². The van der Waals surface area contributed by atoms with Crippen molar-refractivity contribution in [2.45, 2.75) is 24.0 Å². The van der Waals surface area contributed by atoms with Gasteiger partial charge in [0.25, 0.3) is 0 Å². The van der Waals surface area contributed by atoms with Crippen LogP contribution in [0.2, 0.25) is 5.02 Å². The number of anilines is 1. The van der Waals surface area contributed by atoms with Gasteiger partial charge in [-0.2, -0.15) is 0 Å². The lowest BCUT2D eigenvalue weighted by Crippen LogP contribution is -2.22. The summed E-state index contributed by atoms with van der Waals surface area (Å²) in [5.41, 5.74) is 1.93. The van der Waals surface area contributed by atoms with Crippen LogP contribution in [0.25, 0.3) is 0 Å². The minimum atomic E-state index is -0.176. The third-order valence-electron chi connectivity index (χ3n) is 2.94. The average Bonchev–Trinajstić information content (AvgIpc) is 2.44. The van der Waals surface area contributed by atoms with Crippen molar-refractivity contribution in [1.82, 2.24) is 0 Å². The van der Waals surface area contributed by atoms with Crippen molar-refractivity contribution in [2.75, 3.05) is 5.32 Å². The number of hydrogen-bond acceptors (Lipinski definition) is 2. The molecule has 21 heavy (non-hydrogen) atoms. The van der Waals surface area contributed by atoms with Crippen LogP contribution in [0.15, 0.2) is 47.4 Å². The van der Waals surface area contributed by atoms with E-state index in [1.807, 2.05) is 56.3 Å². The molecule has 0 radical (unpaired) electrons. The highest BCUT2D eigenvalue weighted by atomic mass is 127. The fourth-order valence-electron chi connectivity index (χ4n) is 1.77. The minimum absolute atomic E-state index is 0.000687. The summed E-state index contributed by atoms with van der Waals surface area (Å²) in [5, 5.41) is 3.50. The van der Waals surface area contributed by atoms with E-state index in [0.717, 1.165) is 19.7 Å². The predicted molar refractivity (Wildman–Crippen MR) is 99.3 cm³/mol. The normalized spacial score (nSPS) is 12.0. The molecule has 0 bridgehead atoms. The number of rotatable bonds is 4. The first kappa shape index (κ1) is 16.6. The van der Waals surface area contributed by atoms with Gasteiger partial charge in [-0.05, 0) is 84.5 Å². The van der Waals surface area contributed by atoms with E-state index >= 15 is 0 Å². The van der Waals surface area contributed by atoms with Crippen LogP contribution in [0.1, 0.15) is 12.5 Å². The lowest BCUT2D eigenvalue weighted by atomic mass is 10.2. The molecule has 2 rings (SSSR count). The quantitative estimate of drug-likeness (QED) is 0.521. The monoisotopic (exact) mass is 431 g/mol. The van der Waals surface area contributed by atoms with Gasteiger partial charge in [0.2, 0.25) is 5.91 Å². The number of nitrogens with one attached hydrogen (secondary N) is 1. The Kier molecular flexibility index (Phi) is 5.96. The summed E-state index contributed by atoms with van der Waals surface area (Å²) in [6, 6.07) is 13.5. The molecular weight excluding hydrogens is 417 g/mol. The number of benzene rings is 2. The van der Waals surface area contributed by atoms with Crippen LogP contribution in [0.4, 0.5) is 5.69 Å². The van der Waals surface area contributed by atoms with Crippen molar-refractivity contribution < 1.29 is 4.79 Å². The van der Waals surface area contributed by atoms with Crippen LogP contribution in [0.3, 0.4) is 0 Å². The molecule has 2 nitrogen and oxygen atoms in total. The minimum Gasteiger partial charge on any atom is -0.325 e. The molecule has 0 spiro atoms. The molecule has 1 amide bonds. The van der Waals surface area contributed by atoms with Gasteiger partial charge in [-0.25, -0.2) is 0 Å². The smallest absolute Gasteiger partial charge is 0.237 e. The number of aryl methyl sites for hydroxylation is 1. The van der Waals surface area contributed by atoms with E-state index in [0.29, 0.717) is 5.02 Å². The van der Waals surface area contributed by atoms with Crippen molar-refractivity contribution in [1.29, 1.82) is 0 Å². The maximum absolute atomic E-state index is 12.3. The van der Waals surface area contributed by atoms with Crippen molar-refractivity contribution in [3.63, 3.8) is 0 Å². The largest absolute Gasteiger partial charge is 0.325 e. The Morgan fingerprint density at radius 2 is 1.90 bits per heavy atom. The van der Waals surface area contributed by atoms with Gasteiger partial charge in [0, 0.05) is 19.2 Å². The second-order valence-corrected chi connectivity index (χ2v) is 7.76. The Balaban J connectivity index is 2.00. The Labute approximate surface area is 147 Å². The Bertz CT molecular complexity index is 645. The van der Waals surface area contributed by atoms with E-state index in [2.05, 4.69) is 27.9 Å². The molecule has 0 saturated carbocycles. The SMILES string of the molecule is Cc1cc(I)ccc1NC(=O)[C@H](C)Sc1ccc(Cl)cc1. The number of amides is 1.